The molecule has 0 fully saturated rings. The first kappa shape index (κ1) is 16.5. The number of carbonyl (C=O) groups is 1. The molecule has 0 spiro atoms. The summed E-state index contributed by atoms with van der Waals surface area (Å²) in [7, 11) is 0. The van der Waals surface area contributed by atoms with Gasteiger partial charge in [0.15, 0.2) is 0 Å². The average molecular weight is 276 g/mol. The monoisotopic (exact) mass is 276 g/mol. The quantitative estimate of drug-likeness (QED) is 0.751. The van der Waals surface area contributed by atoms with Crippen LogP contribution in [-0.2, 0) is 0 Å². The highest BCUT2D eigenvalue weighted by Crippen LogP contribution is 2.12. The van der Waals surface area contributed by atoms with Crippen molar-refractivity contribution in [3.63, 3.8) is 0 Å². The summed E-state index contributed by atoms with van der Waals surface area (Å²) in [4.78, 5) is 14.3. The molecular formula is C17H28N2O. The molecule has 20 heavy (non-hydrogen) atoms. The molecule has 0 saturated heterocycles. The third kappa shape index (κ3) is 5.64. The zero-order chi connectivity index (χ0) is 14.8. The van der Waals surface area contributed by atoms with E-state index in [2.05, 4.69) is 19.2 Å². The third-order valence-corrected chi connectivity index (χ3v) is 3.49. The molecule has 0 aliphatic rings. The van der Waals surface area contributed by atoms with E-state index in [0.29, 0.717) is 0 Å². The molecule has 3 heteroatoms. The molecule has 0 aliphatic heterocycles. The molecule has 3 nitrogen and oxygen atoms in total. The highest BCUT2D eigenvalue weighted by Gasteiger charge is 2.15. The zero-order valence-electron chi connectivity index (χ0n) is 13.1. The fourth-order valence-electron chi connectivity index (χ4n) is 2.11. The van der Waals surface area contributed by atoms with Gasteiger partial charge in [-0.1, -0.05) is 57.0 Å². The number of carbonyl (C=O) groups excluding carboxylic acids is 1. The van der Waals surface area contributed by atoms with Crippen LogP contribution in [0.3, 0.4) is 0 Å². The maximum Gasteiger partial charge on any atom is 0.317 e. The van der Waals surface area contributed by atoms with Gasteiger partial charge in [0.25, 0.3) is 0 Å². The van der Waals surface area contributed by atoms with Gasteiger partial charge in [-0.05, 0) is 25.3 Å². The van der Waals surface area contributed by atoms with E-state index in [1.807, 2.05) is 42.2 Å². The van der Waals surface area contributed by atoms with Crippen molar-refractivity contribution in [2.24, 2.45) is 0 Å². The molecule has 112 valence electrons. The summed E-state index contributed by atoms with van der Waals surface area (Å²) < 4.78 is 0. The molecule has 0 radical (unpaired) electrons. The normalized spacial score (nSPS) is 11.9. The van der Waals surface area contributed by atoms with Gasteiger partial charge in [-0.25, -0.2) is 4.79 Å². The van der Waals surface area contributed by atoms with Crippen molar-refractivity contribution < 1.29 is 4.79 Å². The number of nitrogens with one attached hydrogen (secondary N) is 1. The number of urea groups is 1. The van der Waals surface area contributed by atoms with Gasteiger partial charge in [-0.15, -0.1) is 0 Å². The van der Waals surface area contributed by atoms with Crippen LogP contribution in [0.2, 0.25) is 0 Å². The maximum absolute atomic E-state index is 12.4. The summed E-state index contributed by atoms with van der Waals surface area (Å²) in [5, 5.41) is 3.10. The van der Waals surface area contributed by atoms with Crippen molar-refractivity contribution in [2.75, 3.05) is 13.1 Å². The fourth-order valence-corrected chi connectivity index (χ4v) is 2.11. The van der Waals surface area contributed by atoms with Crippen LogP contribution in [-0.4, -0.2) is 24.0 Å². The SMILES string of the molecule is CCCCN(CCCC)C(=O)NC(C)c1ccccc1. The summed E-state index contributed by atoms with van der Waals surface area (Å²) >= 11 is 0. The number of nitrogens with zero attached hydrogens (tertiary/aromatic N) is 1. The predicted octanol–water partition coefficient (Wildman–Crippen LogP) is 4.36. The molecule has 1 unspecified atom stereocenters. The lowest BCUT2D eigenvalue weighted by molar-refractivity contribution is 0.192. The van der Waals surface area contributed by atoms with Crippen molar-refractivity contribution in [1.29, 1.82) is 0 Å². The fraction of sp³-hybridized carbons (Fsp3) is 0.588. The molecular weight excluding hydrogens is 248 g/mol. The molecule has 1 rings (SSSR count). The second kappa shape index (κ2) is 9.40. The smallest absolute Gasteiger partial charge is 0.317 e. The summed E-state index contributed by atoms with van der Waals surface area (Å²) in [5.74, 6) is 0. The Morgan fingerprint density at radius 3 is 2.15 bits per heavy atom. The minimum atomic E-state index is 0.0504. The molecule has 0 aromatic heterocycles. The standard InChI is InChI=1S/C17H28N2O/c1-4-6-13-19(14-7-5-2)17(20)18-15(3)16-11-9-8-10-12-16/h8-12,15H,4-7,13-14H2,1-3H3,(H,18,20). The zero-order valence-corrected chi connectivity index (χ0v) is 13.1. The minimum absolute atomic E-state index is 0.0504. The number of hydrogen-bond acceptors (Lipinski definition) is 1. The van der Waals surface area contributed by atoms with Crippen LogP contribution >= 0.6 is 0 Å². The van der Waals surface area contributed by atoms with E-state index < -0.39 is 0 Å². The number of rotatable bonds is 8. The Balaban J connectivity index is 2.55. The van der Waals surface area contributed by atoms with Crippen molar-refractivity contribution >= 4 is 6.03 Å². The Bertz CT molecular complexity index is 370. The predicted molar refractivity (Wildman–Crippen MR) is 84.8 cm³/mol. The van der Waals surface area contributed by atoms with Gasteiger partial charge in [0.05, 0.1) is 6.04 Å². The van der Waals surface area contributed by atoms with E-state index in [-0.39, 0.29) is 12.1 Å². The van der Waals surface area contributed by atoms with Crippen molar-refractivity contribution in [2.45, 2.75) is 52.5 Å². The lowest BCUT2D eigenvalue weighted by Gasteiger charge is -2.25. The van der Waals surface area contributed by atoms with Crippen LogP contribution in [0.4, 0.5) is 4.79 Å². The first-order chi connectivity index (χ1) is 9.69. The summed E-state index contributed by atoms with van der Waals surface area (Å²) in [6.45, 7) is 8.05. The Hall–Kier alpha value is -1.51. The van der Waals surface area contributed by atoms with Gasteiger partial charge in [0, 0.05) is 13.1 Å². The largest absolute Gasteiger partial charge is 0.331 e. The lowest BCUT2D eigenvalue weighted by Crippen LogP contribution is -2.42. The molecule has 1 aromatic rings. The van der Waals surface area contributed by atoms with E-state index in [0.717, 1.165) is 44.3 Å². The summed E-state index contributed by atoms with van der Waals surface area (Å²) in [6.07, 6.45) is 4.36. The second-order valence-corrected chi connectivity index (χ2v) is 5.28. The number of unbranched alkanes of at least 4 members (excludes halogenated alkanes) is 2. The summed E-state index contributed by atoms with van der Waals surface area (Å²) in [5.41, 5.74) is 1.15. The Morgan fingerprint density at radius 1 is 1.10 bits per heavy atom. The Kier molecular flexibility index (Phi) is 7.78. The van der Waals surface area contributed by atoms with Gasteiger partial charge < -0.3 is 10.2 Å². The molecule has 0 heterocycles. The van der Waals surface area contributed by atoms with E-state index >= 15 is 0 Å². The van der Waals surface area contributed by atoms with Crippen LogP contribution in [0.1, 0.15) is 58.1 Å². The van der Waals surface area contributed by atoms with Gasteiger partial charge in [0.1, 0.15) is 0 Å². The average Bonchev–Trinajstić information content (AvgIpc) is 2.48. The van der Waals surface area contributed by atoms with Gasteiger partial charge >= 0.3 is 6.03 Å². The van der Waals surface area contributed by atoms with Crippen LogP contribution in [0.5, 0.6) is 0 Å². The first-order valence-corrected chi connectivity index (χ1v) is 7.79. The highest BCUT2D eigenvalue weighted by molar-refractivity contribution is 5.74. The number of benzene rings is 1. The minimum Gasteiger partial charge on any atom is -0.331 e. The first-order valence-electron chi connectivity index (χ1n) is 7.79. The number of amides is 2. The van der Waals surface area contributed by atoms with Gasteiger partial charge in [0.2, 0.25) is 0 Å². The molecule has 0 saturated carbocycles. The molecule has 0 aliphatic carbocycles. The van der Waals surface area contributed by atoms with Crippen molar-refractivity contribution in [3.05, 3.63) is 35.9 Å². The van der Waals surface area contributed by atoms with Gasteiger partial charge in [-0.2, -0.15) is 0 Å². The van der Waals surface area contributed by atoms with E-state index in [4.69, 9.17) is 0 Å². The van der Waals surface area contributed by atoms with Crippen molar-refractivity contribution in [1.82, 2.24) is 10.2 Å². The van der Waals surface area contributed by atoms with E-state index in [1.165, 1.54) is 0 Å². The summed E-state index contributed by atoms with van der Waals surface area (Å²) in [6, 6.07) is 10.2. The molecule has 1 atom stereocenters. The highest BCUT2D eigenvalue weighted by atomic mass is 16.2. The van der Waals surface area contributed by atoms with Crippen LogP contribution in [0, 0.1) is 0 Å². The maximum atomic E-state index is 12.4. The second-order valence-electron chi connectivity index (χ2n) is 5.28. The van der Waals surface area contributed by atoms with Crippen LogP contribution in [0.15, 0.2) is 30.3 Å². The van der Waals surface area contributed by atoms with Crippen molar-refractivity contribution in [3.8, 4) is 0 Å². The Morgan fingerprint density at radius 2 is 1.65 bits per heavy atom. The molecule has 1 N–H and O–H groups in total. The lowest BCUT2D eigenvalue weighted by atomic mass is 10.1. The van der Waals surface area contributed by atoms with E-state index in [9.17, 15) is 4.79 Å². The molecule has 1 aromatic carbocycles. The van der Waals surface area contributed by atoms with E-state index in [1.54, 1.807) is 0 Å². The number of hydrogen-bond donors (Lipinski definition) is 1. The Labute approximate surface area is 123 Å². The van der Waals surface area contributed by atoms with Gasteiger partial charge in [-0.3, -0.25) is 0 Å². The third-order valence-electron chi connectivity index (χ3n) is 3.49. The molecule has 0 bridgehead atoms. The van der Waals surface area contributed by atoms with Crippen LogP contribution in [0.25, 0.3) is 0 Å². The topological polar surface area (TPSA) is 32.3 Å². The molecule has 2 amide bonds. The van der Waals surface area contributed by atoms with Crippen LogP contribution < -0.4 is 5.32 Å².